The summed E-state index contributed by atoms with van der Waals surface area (Å²) < 4.78 is 43.8. The molecule has 110 valence electrons. The molecule has 2 rings (SSSR count). The Morgan fingerprint density at radius 1 is 1.45 bits per heavy atom. The third-order valence-corrected chi connectivity index (χ3v) is 3.49. The summed E-state index contributed by atoms with van der Waals surface area (Å²) in [7, 11) is 0. The van der Waals surface area contributed by atoms with Gasteiger partial charge in [-0.25, -0.2) is 0 Å². The molecule has 1 amide bonds. The zero-order valence-electron chi connectivity index (χ0n) is 10.5. The summed E-state index contributed by atoms with van der Waals surface area (Å²) in [5, 5.41) is 8.90. The van der Waals surface area contributed by atoms with E-state index in [0.717, 1.165) is 11.2 Å². The van der Waals surface area contributed by atoms with Gasteiger partial charge >= 0.3 is 12.1 Å². The van der Waals surface area contributed by atoms with Crippen LogP contribution in [0.3, 0.4) is 0 Å². The van der Waals surface area contributed by atoms with E-state index in [9.17, 15) is 22.8 Å². The molecule has 0 spiro atoms. The summed E-state index contributed by atoms with van der Waals surface area (Å²) in [6.45, 7) is 0.460. The van der Waals surface area contributed by atoms with Crippen LogP contribution in [0, 0.1) is 12.3 Å². The molecule has 1 unspecified atom stereocenters. The third kappa shape index (κ3) is 2.14. The Morgan fingerprint density at radius 3 is 2.50 bits per heavy atom. The number of amides is 1. The van der Waals surface area contributed by atoms with Crippen molar-refractivity contribution < 1.29 is 32.3 Å². The fraction of sp³-hybridized carbons (Fsp3) is 0.500. The molecule has 1 saturated heterocycles. The van der Waals surface area contributed by atoms with Gasteiger partial charge in [0.1, 0.15) is 12.0 Å². The van der Waals surface area contributed by atoms with Crippen LogP contribution in [0.15, 0.2) is 16.7 Å². The number of hydrogen-bond acceptors (Lipinski definition) is 3. The number of carboxylic acids is 1. The van der Waals surface area contributed by atoms with Gasteiger partial charge in [-0.15, -0.1) is 0 Å². The standard InChI is InChI=1S/C12H12F3NO4/c1-7-4-8(5-20-7)9(17)16-3-2-11(6-16,10(18)19)12(13,14)15/h4-5H,2-3,6H2,1H3,(H,18,19). The molecule has 1 aromatic heterocycles. The molecule has 1 aromatic rings. The zero-order chi connectivity index (χ0) is 15.1. The van der Waals surface area contributed by atoms with Gasteiger partial charge in [0.2, 0.25) is 0 Å². The van der Waals surface area contributed by atoms with E-state index in [1.165, 1.54) is 6.07 Å². The van der Waals surface area contributed by atoms with Crippen LogP contribution >= 0.6 is 0 Å². The number of furan rings is 1. The minimum absolute atomic E-state index is 0.117. The normalized spacial score (nSPS) is 23.1. The number of aryl methyl sites for hydroxylation is 1. The molecule has 8 heteroatoms. The van der Waals surface area contributed by atoms with E-state index in [2.05, 4.69) is 0 Å². The lowest BCUT2D eigenvalue weighted by molar-refractivity contribution is -0.227. The first kappa shape index (κ1) is 14.4. The van der Waals surface area contributed by atoms with E-state index >= 15 is 0 Å². The van der Waals surface area contributed by atoms with Gasteiger partial charge in [0, 0.05) is 13.1 Å². The number of halogens is 3. The maximum Gasteiger partial charge on any atom is 0.406 e. The van der Waals surface area contributed by atoms with E-state index in [-0.39, 0.29) is 12.1 Å². The summed E-state index contributed by atoms with van der Waals surface area (Å²) >= 11 is 0. The van der Waals surface area contributed by atoms with Gasteiger partial charge < -0.3 is 14.4 Å². The van der Waals surface area contributed by atoms with E-state index < -0.39 is 36.4 Å². The Labute approximate surface area is 112 Å². The molecule has 1 N–H and O–H groups in total. The van der Waals surface area contributed by atoms with Crippen molar-refractivity contribution in [3.8, 4) is 0 Å². The molecule has 1 atom stereocenters. The summed E-state index contributed by atoms with van der Waals surface area (Å²) in [6, 6.07) is 1.40. The topological polar surface area (TPSA) is 70.8 Å². The number of rotatable bonds is 2. The first-order valence-electron chi connectivity index (χ1n) is 5.82. The molecule has 0 bridgehead atoms. The summed E-state index contributed by atoms with van der Waals surface area (Å²) in [6.07, 6.45) is -4.40. The Morgan fingerprint density at radius 2 is 2.10 bits per heavy atom. The maximum absolute atomic E-state index is 13.0. The number of alkyl halides is 3. The lowest BCUT2D eigenvalue weighted by Crippen LogP contribution is -2.47. The Kier molecular flexibility index (Phi) is 3.27. The highest BCUT2D eigenvalue weighted by Crippen LogP contribution is 2.46. The number of carboxylic acid groups (broad SMARTS) is 1. The first-order valence-corrected chi connectivity index (χ1v) is 5.82. The second-order valence-corrected chi connectivity index (χ2v) is 4.81. The number of carbonyl (C=O) groups excluding carboxylic acids is 1. The second-order valence-electron chi connectivity index (χ2n) is 4.81. The van der Waals surface area contributed by atoms with Gasteiger partial charge in [0.05, 0.1) is 5.56 Å². The van der Waals surface area contributed by atoms with Crippen LogP contribution in [0.5, 0.6) is 0 Å². The van der Waals surface area contributed by atoms with Gasteiger partial charge in [-0.05, 0) is 19.4 Å². The molecule has 1 aliphatic heterocycles. The number of nitrogens with zero attached hydrogens (tertiary/aromatic N) is 1. The molecule has 0 radical (unpaired) electrons. The number of aliphatic carboxylic acids is 1. The second kappa shape index (κ2) is 4.53. The van der Waals surface area contributed by atoms with Crippen molar-refractivity contribution >= 4 is 11.9 Å². The van der Waals surface area contributed by atoms with Crippen molar-refractivity contribution in [3.63, 3.8) is 0 Å². The molecule has 20 heavy (non-hydrogen) atoms. The van der Waals surface area contributed by atoms with Crippen LogP contribution in [0.1, 0.15) is 22.5 Å². The lowest BCUT2D eigenvalue weighted by Gasteiger charge is -2.27. The average Bonchev–Trinajstić information content (AvgIpc) is 2.93. The van der Waals surface area contributed by atoms with Crippen molar-refractivity contribution in [2.45, 2.75) is 19.5 Å². The van der Waals surface area contributed by atoms with Gasteiger partial charge in [-0.2, -0.15) is 13.2 Å². The third-order valence-electron chi connectivity index (χ3n) is 3.49. The van der Waals surface area contributed by atoms with Crippen molar-refractivity contribution in [2.75, 3.05) is 13.1 Å². The van der Waals surface area contributed by atoms with Crippen molar-refractivity contribution in [3.05, 3.63) is 23.7 Å². The highest BCUT2D eigenvalue weighted by atomic mass is 19.4. The number of hydrogen-bond donors (Lipinski definition) is 1. The highest BCUT2D eigenvalue weighted by Gasteiger charge is 2.64. The van der Waals surface area contributed by atoms with Gasteiger partial charge in [0.15, 0.2) is 5.41 Å². The summed E-state index contributed by atoms with van der Waals surface area (Å²) in [4.78, 5) is 23.9. The Hall–Kier alpha value is -1.99. The average molecular weight is 291 g/mol. The maximum atomic E-state index is 13.0. The quantitative estimate of drug-likeness (QED) is 0.905. The Bertz CT molecular complexity index is 551. The van der Waals surface area contributed by atoms with Gasteiger partial charge in [0.25, 0.3) is 5.91 Å². The molecule has 2 heterocycles. The van der Waals surface area contributed by atoms with Crippen LogP contribution in [-0.4, -0.2) is 41.1 Å². The minimum Gasteiger partial charge on any atom is -0.481 e. The molecule has 0 aromatic carbocycles. The van der Waals surface area contributed by atoms with Crippen LogP contribution in [0.2, 0.25) is 0 Å². The van der Waals surface area contributed by atoms with E-state index in [1.54, 1.807) is 6.92 Å². The van der Waals surface area contributed by atoms with Crippen LogP contribution in [-0.2, 0) is 4.79 Å². The van der Waals surface area contributed by atoms with Crippen molar-refractivity contribution in [1.29, 1.82) is 0 Å². The summed E-state index contributed by atoms with van der Waals surface area (Å²) in [5.74, 6) is -2.16. The van der Waals surface area contributed by atoms with E-state index in [1.807, 2.05) is 0 Å². The molecule has 1 aliphatic rings. The zero-order valence-corrected chi connectivity index (χ0v) is 10.5. The van der Waals surface area contributed by atoms with Gasteiger partial charge in [-0.3, -0.25) is 9.59 Å². The predicted molar refractivity (Wildman–Crippen MR) is 60.1 cm³/mol. The van der Waals surface area contributed by atoms with Crippen LogP contribution in [0.25, 0.3) is 0 Å². The van der Waals surface area contributed by atoms with Gasteiger partial charge in [-0.1, -0.05) is 0 Å². The van der Waals surface area contributed by atoms with Crippen molar-refractivity contribution in [2.24, 2.45) is 5.41 Å². The van der Waals surface area contributed by atoms with Crippen LogP contribution < -0.4 is 0 Å². The highest BCUT2D eigenvalue weighted by molar-refractivity contribution is 5.95. The fourth-order valence-corrected chi connectivity index (χ4v) is 2.25. The number of carbonyl (C=O) groups is 2. The lowest BCUT2D eigenvalue weighted by atomic mass is 9.86. The summed E-state index contributed by atoms with van der Waals surface area (Å²) in [5.41, 5.74) is -2.77. The molecule has 5 nitrogen and oxygen atoms in total. The largest absolute Gasteiger partial charge is 0.481 e. The van der Waals surface area contributed by atoms with E-state index in [4.69, 9.17) is 9.52 Å². The first-order chi connectivity index (χ1) is 9.17. The SMILES string of the molecule is Cc1cc(C(=O)N2CCC(C(=O)O)(C(F)(F)F)C2)co1. The number of likely N-dealkylation sites (tertiary alicyclic amines) is 1. The minimum atomic E-state index is -4.90. The molecular weight excluding hydrogens is 279 g/mol. The molecule has 0 saturated carbocycles. The van der Waals surface area contributed by atoms with E-state index in [0.29, 0.717) is 5.76 Å². The molecular formula is C12H12F3NO4. The monoisotopic (exact) mass is 291 g/mol. The Balaban J connectivity index is 2.23. The van der Waals surface area contributed by atoms with Crippen LogP contribution in [0.4, 0.5) is 13.2 Å². The molecule has 1 fully saturated rings. The van der Waals surface area contributed by atoms with Crippen molar-refractivity contribution in [1.82, 2.24) is 4.90 Å². The smallest absolute Gasteiger partial charge is 0.406 e. The molecule has 0 aliphatic carbocycles. The fourth-order valence-electron chi connectivity index (χ4n) is 2.25. The predicted octanol–water partition coefficient (Wildman–Crippen LogP) is 2.07.